The van der Waals surface area contributed by atoms with Crippen molar-refractivity contribution >= 4 is 34.0 Å². The van der Waals surface area contributed by atoms with Gasteiger partial charge >= 0.3 is 0 Å². The summed E-state index contributed by atoms with van der Waals surface area (Å²) in [6.45, 7) is 3.38. The van der Waals surface area contributed by atoms with Crippen LogP contribution in [-0.4, -0.2) is 41.5 Å². The molecule has 0 spiro atoms. The molecule has 0 unspecified atom stereocenters. The number of hydrogen-bond acceptors (Lipinski definition) is 8. The van der Waals surface area contributed by atoms with Crippen molar-refractivity contribution in [2.24, 2.45) is 0 Å². The van der Waals surface area contributed by atoms with Crippen LogP contribution < -0.4 is 14.8 Å². The lowest BCUT2D eigenvalue weighted by atomic mass is 10.1. The van der Waals surface area contributed by atoms with Gasteiger partial charge in [-0.05, 0) is 24.6 Å². The summed E-state index contributed by atoms with van der Waals surface area (Å²) in [4.78, 5) is 12.3. The number of fused-ring (bicyclic) bond motifs is 1. The van der Waals surface area contributed by atoms with E-state index in [4.69, 9.17) is 9.47 Å². The quantitative estimate of drug-likeness (QED) is 0.436. The average Bonchev–Trinajstić information content (AvgIpc) is 3.07. The molecule has 1 aliphatic rings. The zero-order valence-electron chi connectivity index (χ0n) is 13.4. The Kier molecular flexibility index (Phi) is 5.92. The summed E-state index contributed by atoms with van der Waals surface area (Å²) < 4.78 is 11.9. The third kappa shape index (κ3) is 4.39. The molecule has 2 heterocycles. The number of nitrogens with one attached hydrogen (secondary N) is 1. The highest BCUT2D eigenvalue weighted by atomic mass is 32.2. The Hall–Kier alpha value is -1.80. The third-order valence-electron chi connectivity index (χ3n) is 3.39. The first-order chi connectivity index (χ1) is 11.8. The molecule has 1 aromatic heterocycles. The van der Waals surface area contributed by atoms with E-state index in [1.54, 1.807) is 30.0 Å². The SMILES string of the molecule is CCCCSc1nnc(NCC(=O)c2ccc3c(c2)OCCO3)s1. The van der Waals surface area contributed by atoms with Crippen molar-refractivity contribution < 1.29 is 14.3 Å². The van der Waals surface area contributed by atoms with Gasteiger partial charge in [-0.2, -0.15) is 0 Å². The van der Waals surface area contributed by atoms with Crippen LogP contribution in [0.5, 0.6) is 11.5 Å². The summed E-state index contributed by atoms with van der Waals surface area (Å²) in [5.41, 5.74) is 0.591. The van der Waals surface area contributed by atoms with E-state index in [1.165, 1.54) is 17.8 Å². The molecule has 8 heteroatoms. The van der Waals surface area contributed by atoms with Crippen LogP contribution in [0, 0.1) is 0 Å². The molecule has 0 atom stereocenters. The maximum atomic E-state index is 12.3. The monoisotopic (exact) mass is 365 g/mol. The van der Waals surface area contributed by atoms with Crippen molar-refractivity contribution in [1.29, 1.82) is 0 Å². The highest BCUT2D eigenvalue weighted by Gasteiger charge is 2.15. The second-order valence-corrected chi connectivity index (χ2v) is 7.53. The number of Topliss-reactive ketones (excluding diaryl/α,β-unsaturated/α-hetero) is 1. The van der Waals surface area contributed by atoms with E-state index in [-0.39, 0.29) is 12.3 Å². The van der Waals surface area contributed by atoms with Crippen molar-refractivity contribution in [3.63, 3.8) is 0 Å². The number of aromatic nitrogens is 2. The van der Waals surface area contributed by atoms with Crippen LogP contribution in [0.4, 0.5) is 5.13 Å². The topological polar surface area (TPSA) is 73.3 Å². The standard InChI is InChI=1S/C16H19N3O3S2/c1-2-3-8-23-16-19-18-15(24-16)17-10-12(20)11-4-5-13-14(9-11)22-7-6-21-13/h4-5,9H,2-3,6-8,10H2,1H3,(H,17,18). The number of ketones is 1. The molecular formula is C16H19N3O3S2. The molecule has 0 aliphatic carbocycles. The van der Waals surface area contributed by atoms with E-state index in [0.29, 0.717) is 35.4 Å². The Balaban J connectivity index is 1.54. The molecule has 128 valence electrons. The van der Waals surface area contributed by atoms with Crippen molar-refractivity contribution in [2.75, 3.05) is 30.8 Å². The Bertz CT molecular complexity index is 706. The van der Waals surface area contributed by atoms with Gasteiger partial charge in [-0.15, -0.1) is 10.2 Å². The smallest absolute Gasteiger partial charge is 0.206 e. The molecular weight excluding hydrogens is 346 g/mol. The number of anilines is 1. The molecule has 1 aromatic carbocycles. The van der Waals surface area contributed by atoms with Gasteiger partial charge in [0.25, 0.3) is 0 Å². The average molecular weight is 365 g/mol. The number of carbonyl (C=O) groups excluding carboxylic acids is 1. The van der Waals surface area contributed by atoms with Gasteiger partial charge in [0.15, 0.2) is 21.6 Å². The van der Waals surface area contributed by atoms with Crippen molar-refractivity contribution in [1.82, 2.24) is 10.2 Å². The number of carbonyl (C=O) groups is 1. The van der Waals surface area contributed by atoms with Crippen LogP contribution in [0.25, 0.3) is 0 Å². The molecule has 0 bridgehead atoms. The maximum Gasteiger partial charge on any atom is 0.206 e. The van der Waals surface area contributed by atoms with Gasteiger partial charge in [0.05, 0.1) is 6.54 Å². The van der Waals surface area contributed by atoms with Crippen molar-refractivity contribution in [3.05, 3.63) is 23.8 Å². The van der Waals surface area contributed by atoms with E-state index in [9.17, 15) is 4.79 Å². The van der Waals surface area contributed by atoms with Crippen molar-refractivity contribution in [2.45, 2.75) is 24.1 Å². The number of nitrogens with zero attached hydrogens (tertiary/aromatic N) is 2. The molecule has 2 aromatic rings. The molecule has 0 fully saturated rings. The first-order valence-corrected chi connectivity index (χ1v) is 9.69. The van der Waals surface area contributed by atoms with E-state index >= 15 is 0 Å². The Morgan fingerprint density at radius 3 is 2.96 bits per heavy atom. The maximum absolute atomic E-state index is 12.3. The number of rotatable bonds is 8. The van der Waals surface area contributed by atoms with Crippen LogP contribution in [-0.2, 0) is 0 Å². The van der Waals surface area contributed by atoms with E-state index < -0.39 is 0 Å². The number of ether oxygens (including phenoxy) is 2. The fourth-order valence-corrected chi connectivity index (χ4v) is 4.02. The highest BCUT2D eigenvalue weighted by molar-refractivity contribution is 8.01. The van der Waals surface area contributed by atoms with Crippen LogP contribution >= 0.6 is 23.1 Å². The summed E-state index contributed by atoms with van der Waals surface area (Å²) in [6.07, 6.45) is 2.33. The first-order valence-electron chi connectivity index (χ1n) is 7.89. The molecule has 24 heavy (non-hydrogen) atoms. The molecule has 0 radical (unpaired) electrons. The van der Waals surface area contributed by atoms with Gasteiger partial charge in [0.1, 0.15) is 13.2 Å². The summed E-state index contributed by atoms with van der Waals surface area (Å²) in [7, 11) is 0. The summed E-state index contributed by atoms with van der Waals surface area (Å²) >= 11 is 3.18. The van der Waals surface area contributed by atoms with Gasteiger partial charge in [0, 0.05) is 11.3 Å². The minimum absolute atomic E-state index is 0.0256. The molecule has 1 N–H and O–H groups in total. The minimum Gasteiger partial charge on any atom is -0.486 e. The van der Waals surface area contributed by atoms with Crippen LogP contribution in [0.3, 0.4) is 0 Å². The van der Waals surface area contributed by atoms with Crippen LogP contribution in [0.1, 0.15) is 30.1 Å². The van der Waals surface area contributed by atoms with Crippen LogP contribution in [0.2, 0.25) is 0 Å². The molecule has 0 saturated carbocycles. The Morgan fingerprint density at radius 2 is 2.12 bits per heavy atom. The zero-order chi connectivity index (χ0) is 16.8. The third-order valence-corrected chi connectivity index (χ3v) is 5.49. The van der Waals surface area contributed by atoms with Gasteiger partial charge in [0.2, 0.25) is 5.13 Å². The van der Waals surface area contributed by atoms with E-state index in [0.717, 1.165) is 16.5 Å². The second kappa shape index (κ2) is 8.34. The van der Waals surface area contributed by atoms with Gasteiger partial charge in [-0.25, -0.2) is 0 Å². The van der Waals surface area contributed by atoms with Gasteiger partial charge < -0.3 is 14.8 Å². The highest BCUT2D eigenvalue weighted by Crippen LogP contribution is 2.31. The van der Waals surface area contributed by atoms with Gasteiger partial charge in [-0.1, -0.05) is 36.4 Å². The molecule has 0 amide bonds. The number of unbranched alkanes of at least 4 members (excludes halogenated alkanes) is 1. The molecule has 3 rings (SSSR count). The molecule has 0 saturated heterocycles. The van der Waals surface area contributed by atoms with Gasteiger partial charge in [-0.3, -0.25) is 4.79 Å². The minimum atomic E-state index is -0.0256. The van der Waals surface area contributed by atoms with E-state index in [1.807, 2.05) is 0 Å². The van der Waals surface area contributed by atoms with Crippen LogP contribution in [0.15, 0.2) is 22.5 Å². The number of thioether (sulfide) groups is 1. The number of hydrogen-bond donors (Lipinski definition) is 1. The fraction of sp³-hybridized carbons (Fsp3) is 0.438. The van der Waals surface area contributed by atoms with Crippen molar-refractivity contribution in [3.8, 4) is 11.5 Å². The summed E-state index contributed by atoms with van der Waals surface area (Å²) in [5, 5.41) is 11.9. The lowest BCUT2D eigenvalue weighted by Gasteiger charge is -2.18. The fourth-order valence-electron chi connectivity index (χ4n) is 2.12. The largest absolute Gasteiger partial charge is 0.486 e. The predicted molar refractivity (Wildman–Crippen MR) is 95.8 cm³/mol. The number of benzene rings is 1. The molecule has 6 nitrogen and oxygen atoms in total. The Morgan fingerprint density at radius 1 is 1.29 bits per heavy atom. The summed E-state index contributed by atoms with van der Waals surface area (Å²) in [5.74, 6) is 2.32. The van der Waals surface area contributed by atoms with E-state index in [2.05, 4.69) is 22.4 Å². The summed E-state index contributed by atoms with van der Waals surface area (Å²) in [6, 6.07) is 5.25. The Labute approximate surface area is 149 Å². The normalized spacial score (nSPS) is 12.9. The molecule has 1 aliphatic heterocycles. The lowest BCUT2D eigenvalue weighted by molar-refractivity contribution is 0.100. The second-order valence-electron chi connectivity index (χ2n) is 5.21. The first kappa shape index (κ1) is 17.0. The lowest BCUT2D eigenvalue weighted by Crippen LogP contribution is -2.17. The predicted octanol–water partition coefficient (Wildman–Crippen LogP) is 3.50. The zero-order valence-corrected chi connectivity index (χ0v) is 15.0.